The summed E-state index contributed by atoms with van der Waals surface area (Å²) in [5.41, 5.74) is 2.71. The highest BCUT2D eigenvalue weighted by Crippen LogP contribution is 2.29. The number of carbonyl (C=O) groups is 1. The van der Waals surface area contributed by atoms with E-state index in [0.29, 0.717) is 23.8 Å². The highest BCUT2D eigenvalue weighted by Gasteiger charge is 2.12. The fourth-order valence-electron chi connectivity index (χ4n) is 2.56. The van der Waals surface area contributed by atoms with Gasteiger partial charge in [-0.1, -0.05) is 18.2 Å². The Morgan fingerprint density at radius 3 is 2.38 bits per heavy atom. The van der Waals surface area contributed by atoms with Crippen molar-refractivity contribution in [2.24, 2.45) is 0 Å². The van der Waals surface area contributed by atoms with Crippen molar-refractivity contribution >= 4 is 11.7 Å². The molecule has 2 N–H and O–H groups in total. The number of aryl methyl sites for hydroxylation is 2. The molecule has 6 heteroatoms. The number of urea groups is 1. The molecule has 0 fully saturated rings. The Bertz CT molecular complexity index is 741. The first-order valence-electron chi connectivity index (χ1n) is 8.43. The monoisotopic (exact) mass is 358 g/mol. The normalized spacial score (nSPS) is 11.4. The van der Waals surface area contributed by atoms with E-state index in [1.807, 2.05) is 39.0 Å². The highest BCUT2D eigenvalue weighted by atomic mass is 16.5. The predicted octanol–water partition coefficient (Wildman–Crippen LogP) is 3.91. The Hall–Kier alpha value is -2.89. The van der Waals surface area contributed by atoms with E-state index in [9.17, 15) is 4.79 Å². The average Bonchev–Trinajstić information content (AvgIpc) is 2.61. The molecule has 2 amide bonds. The molecule has 2 rings (SSSR count). The van der Waals surface area contributed by atoms with E-state index in [0.717, 1.165) is 16.9 Å². The van der Waals surface area contributed by atoms with Gasteiger partial charge in [0.25, 0.3) is 0 Å². The maximum absolute atomic E-state index is 12.2. The predicted molar refractivity (Wildman–Crippen MR) is 103 cm³/mol. The second-order valence-electron chi connectivity index (χ2n) is 6.10. The maximum Gasteiger partial charge on any atom is 0.319 e. The van der Waals surface area contributed by atoms with Gasteiger partial charge >= 0.3 is 6.03 Å². The number of anilines is 1. The molecule has 0 aliphatic carbocycles. The van der Waals surface area contributed by atoms with Crippen LogP contribution in [0, 0.1) is 13.8 Å². The summed E-state index contributed by atoms with van der Waals surface area (Å²) in [4.78, 5) is 12.2. The zero-order valence-corrected chi connectivity index (χ0v) is 15.9. The zero-order chi connectivity index (χ0) is 19.1. The first kappa shape index (κ1) is 19.4. The van der Waals surface area contributed by atoms with Gasteiger partial charge in [-0.2, -0.15) is 0 Å². The van der Waals surface area contributed by atoms with Crippen LogP contribution >= 0.6 is 0 Å². The molecule has 0 spiro atoms. The van der Waals surface area contributed by atoms with Gasteiger partial charge in [0.15, 0.2) is 0 Å². The number of amides is 2. The van der Waals surface area contributed by atoms with Crippen LogP contribution in [0.1, 0.15) is 18.1 Å². The molecule has 26 heavy (non-hydrogen) atoms. The van der Waals surface area contributed by atoms with Crippen LogP contribution in [-0.2, 0) is 0 Å². The highest BCUT2D eigenvalue weighted by molar-refractivity contribution is 5.91. The van der Waals surface area contributed by atoms with Gasteiger partial charge in [-0.05, 0) is 44.0 Å². The third kappa shape index (κ3) is 5.05. The van der Waals surface area contributed by atoms with Crippen molar-refractivity contribution in [1.82, 2.24) is 5.32 Å². The van der Waals surface area contributed by atoms with Gasteiger partial charge in [0.1, 0.15) is 23.9 Å². The second-order valence-corrected chi connectivity index (χ2v) is 6.10. The minimum atomic E-state index is -0.328. The van der Waals surface area contributed by atoms with E-state index in [-0.39, 0.29) is 12.1 Å². The molecule has 1 atom stereocenters. The molecule has 2 aromatic carbocycles. The molecule has 0 saturated carbocycles. The molecule has 6 nitrogen and oxygen atoms in total. The quantitative estimate of drug-likeness (QED) is 0.787. The van der Waals surface area contributed by atoms with E-state index >= 15 is 0 Å². The molecule has 0 saturated heterocycles. The lowest BCUT2D eigenvalue weighted by molar-refractivity contribution is 0.236. The average molecular weight is 358 g/mol. The SMILES string of the molecule is COc1ccc(NC(=O)NC(C)COc2c(C)cccc2C)c(OC)c1. The van der Waals surface area contributed by atoms with E-state index in [1.165, 1.54) is 0 Å². The summed E-state index contributed by atoms with van der Waals surface area (Å²) in [6, 6.07) is 10.7. The molecular formula is C20H26N2O4. The largest absolute Gasteiger partial charge is 0.497 e. The van der Waals surface area contributed by atoms with Crippen molar-refractivity contribution < 1.29 is 19.0 Å². The molecule has 0 radical (unpaired) electrons. The van der Waals surface area contributed by atoms with Crippen molar-refractivity contribution in [2.45, 2.75) is 26.8 Å². The van der Waals surface area contributed by atoms with Gasteiger partial charge in [-0.15, -0.1) is 0 Å². The summed E-state index contributed by atoms with van der Waals surface area (Å²) in [6.45, 7) is 6.27. The van der Waals surface area contributed by atoms with Gasteiger partial charge in [-0.3, -0.25) is 0 Å². The van der Waals surface area contributed by atoms with Crippen molar-refractivity contribution in [3.05, 3.63) is 47.5 Å². The lowest BCUT2D eigenvalue weighted by Gasteiger charge is -2.18. The van der Waals surface area contributed by atoms with Crippen LogP contribution in [0.4, 0.5) is 10.5 Å². The van der Waals surface area contributed by atoms with Crippen molar-refractivity contribution in [1.29, 1.82) is 0 Å². The molecular weight excluding hydrogens is 332 g/mol. The summed E-state index contributed by atoms with van der Waals surface area (Å²) in [7, 11) is 3.12. The number of para-hydroxylation sites is 1. The van der Waals surface area contributed by atoms with Crippen LogP contribution in [0.2, 0.25) is 0 Å². The number of benzene rings is 2. The first-order chi connectivity index (χ1) is 12.4. The summed E-state index contributed by atoms with van der Waals surface area (Å²) in [5.74, 6) is 2.04. The number of nitrogens with one attached hydrogen (secondary N) is 2. The fraction of sp³-hybridized carbons (Fsp3) is 0.350. The maximum atomic E-state index is 12.2. The van der Waals surface area contributed by atoms with Crippen LogP contribution in [0.15, 0.2) is 36.4 Å². The molecule has 0 aliphatic heterocycles. The Balaban J connectivity index is 1.91. The lowest BCUT2D eigenvalue weighted by atomic mass is 10.1. The molecule has 0 heterocycles. The van der Waals surface area contributed by atoms with Crippen LogP contribution in [0.3, 0.4) is 0 Å². The Morgan fingerprint density at radius 1 is 1.08 bits per heavy atom. The summed E-state index contributed by atoms with van der Waals surface area (Å²) in [6.07, 6.45) is 0. The lowest BCUT2D eigenvalue weighted by Crippen LogP contribution is -2.39. The summed E-state index contributed by atoms with van der Waals surface area (Å²) in [5, 5.41) is 5.63. The molecule has 0 bridgehead atoms. The number of carbonyl (C=O) groups excluding carboxylic acids is 1. The summed E-state index contributed by atoms with van der Waals surface area (Å²) < 4.78 is 16.3. The second kappa shape index (κ2) is 8.99. The first-order valence-corrected chi connectivity index (χ1v) is 8.43. The topological polar surface area (TPSA) is 68.8 Å². The third-order valence-corrected chi connectivity index (χ3v) is 3.92. The summed E-state index contributed by atoms with van der Waals surface area (Å²) >= 11 is 0. The molecule has 140 valence electrons. The number of rotatable bonds is 7. The van der Waals surface area contributed by atoms with Gasteiger partial charge in [-0.25, -0.2) is 4.79 Å². The molecule has 1 unspecified atom stereocenters. The van der Waals surface area contributed by atoms with Crippen LogP contribution in [0.5, 0.6) is 17.2 Å². The molecule has 0 aromatic heterocycles. The van der Waals surface area contributed by atoms with Crippen LogP contribution in [0.25, 0.3) is 0 Å². The van der Waals surface area contributed by atoms with Crippen LogP contribution < -0.4 is 24.8 Å². The zero-order valence-electron chi connectivity index (χ0n) is 15.9. The third-order valence-electron chi connectivity index (χ3n) is 3.92. The van der Waals surface area contributed by atoms with Gasteiger partial charge < -0.3 is 24.8 Å². The number of hydrogen-bond acceptors (Lipinski definition) is 4. The number of ether oxygens (including phenoxy) is 3. The van der Waals surface area contributed by atoms with Gasteiger partial charge in [0, 0.05) is 6.07 Å². The minimum absolute atomic E-state index is 0.168. The number of hydrogen-bond donors (Lipinski definition) is 2. The fourth-order valence-corrected chi connectivity index (χ4v) is 2.56. The van der Waals surface area contributed by atoms with Crippen molar-refractivity contribution in [3.63, 3.8) is 0 Å². The van der Waals surface area contributed by atoms with E-state index in [2.05, 4.69) is 10.6 Å². The Kier molecular flexibility index (Phi) is 6.72. The molecule has 2 aromatic rings. The Morgan fingerprint density at radius 2 is 1.77 bits per heavy atom. The van der Waals surface area contributed by atoms with Gasteiger partial charge in [0.05, 0.1) is 25.9 Å². The molecule has 0 aliphatic rings. The van der Waals surface area contributed by atoms with E-state index in [1.54, 1.807) is 32.4 Å². The van der Waals surface area contributed by atoms with Crippen molar-refractivity contribution in [2.75, 3.05) is 26.1 Å². The van der Waals surface area contributed by atoms with Crippen molar-refractivity contribution in [3.8, 4) is 17.2 Å². The standard InChI is InChI=1S/C20H26N2O4/c1-13-7-6-8-14(2)19(13)26-12-15(3)21-20(23)22-17-10-9-16(24-4)11-18(17)25-5/h6-11,15H,12H2,1-5H3,(H2,21,22,23). The van der Waals surface area contributed by atoms with Gasteiger partial charge in [0.2, 0.25) is 0 Å². The van der Waals surface area contributed by atoms with E-state index < -0.39 is 0 Å². The Labute approximate surface area is 154 Å². The number of methoxy groups -OCH3 is 2. The van der Waals surface area contributed by atoms with Crippen LogP contribution in [-0.4, -0.2) is 32.9 Å². The smallest absolute Gasteiger partial charge is 0.319 e. The minimum Gasteiger partial charge on any atom is -0.497 e. The van der Waals surface area contributed by atoms with E-state index in [4.69, 9.17) is 14.2 Å².